The van der Waals surface area contributed by atoms with Crippen LogP contribution in [0.3, 0.4) is 0 Å². The first-order valence-electron chi connectivity index (χ1n) is 6.18. The molecule has 0 fully saturated rings. The van der Waals surface area contributed by atoms with Crippen LogP contribution in [0.1, 0.15) is 11.1 Å². The third kappa shape index (κ3) is 4.66. The number of aryl methyl sites for hydroxylation is 1. The zero-order valence-corrected chi connectivity index (χ0v) is 14.7. The average Bonchev–Trinajstić information content (AvgIpc) is 2.46. The Morgan fingerprint density at radius 3 is 2.00 bits per heavy atom. The summed E-state index contributed by atoms with van der Waals surface area (Å²) in [6.45, 7) is 1.78. The van der Waals surface area contributed by atoms with E-state index in [1.54, 1.807) is 19.1 Å². The number of halogens is 4. The second-order valence-corrected chi connectivity index (χ2v) is 9.71. The molecule has 23 heavy (non-hydrogen) atoms. The maximum atomic E-state index is 12.5. The van der Waals surface area contributed by atoms with Crippen LogP contribution in [0, 0.1) is 10.5 Å². The first-order valence-corrected chi connectivity index (χ1v) is 10.5. The van der Waals surface area contributed by atoms with Gasteiger partial charge in [-0.15, -0.1) is 0 Å². The minimum absolute atomic E-state index is 0.0536. The van der Waals surface area contributed by atoms with Crippen molar-refractivity contribution in [1.82, 2.24) is 0 Å². The van der Waals surface area contributed by atoms with Gasteiger partial charge >= 0.3 is 140 Å². The Morgan fingerprint density at radius 2 is 1.52 bits per heavy atom. The molecule has 2 aromatic carbocycles. The van der Waals surface area contributed by atoms with E-state index in [4.69, 9.17) is 2.51 Å². The number of rotatable bonds is 4. The molecule has 0 atom stereocenters. The zero-order valence-electron chi connectivity index (χ0n) is 11.7. The SMILES string of the molecule is Cc1ccc(S(=O)(=O)OI(O)c2ccc(C(F)(F)F)cc2)cc1. The van der Waals surface area contributed by atoms with Gasteiger partial charge in [-0.05, 0) is 0 Å². The van der Waals surface area contributed by atoms with Gasteiger partial charge in [0.05, 0.1) is 0 Å². The van der Waals surface area contributed by atoms with Crippen LogP contribution in [0.5, 0.6) is 0 Å². The van der Waals surface area contributed by atoms with Crippen LogP contribution in [-0.2, 0) is 18.8 Å². The summed E-state index contributed by atoms with van der Waals surface area (Å²) in [5.41, 5.74) is -0.0297. The van der Waals surface area contributed by atoms with Gasteiger partial charge in [-0.3, -0.25) is 0 Å². The van der Waals surface area contributed by atoms with E-state index in [9.17, 15) is 25.0 Å². The van der Waals surface area contributed by atoms with Gasteiger partial charge in [0.2, 0.25) is 0 Å². The summed E-state index contributed by atoms with van der Waals surface area (Å²) < 4.78 is 76.2. The maximum absolute atomic E-state index is 12.5. The molecule has 4 nitrogen and oxygen atoms in total. The molecule has 0 aliphatic carbocycles. The fourth-order valence-corrected chi connectivity index (χ4v) is 5.94. The van der Waals surface area contributed by atoms with Crippen molar-refractivity contribution in [3.63, 3.8) is 0 Å². The first kappa shape index (κ1) is 18.2. The molecular formula is C14H12F3IO4S. The Balaban J connectivity index is 2.18. The first-order chi connectivity index (χ1) is 10.6. The van der Waals surface area contributed by atoms with Crippen molar-refractivity contribution in [2.45, 2.75) is 18.0 Å². The van der Waals surface area contributed by atoms with E-state index in [-0.39, 0.29) is 8.47 Å². The summed E-state index contributed by atoms with van der Waals surface area (Å²) >= 11 is -3.59. The quantitative estimate of drug-likeness (QED) is 0.703. The molecule has 0 unspecified atom stereocenters. The van der Waals surface area contributed by atoms with Crippen molar-refractivity contribution in [2.24, 2.45) is 0 Å². The van der Waals surface area contributed by atoms with Gasteiger partial charge in [0.1, 0.15) is 0 Å². The van der Waals surface area contributed by atoms with E-state index < -0.39 is 42.5 Å². The molecular weight excluding hydrogens is 448 g/mol. The number of hydrogen-bond acceptors (Lipinski definition) is 4. The number of benzene rings is 2. The summed E-state index contributed by atoms with van der Waals surface area (Å²) in [4.78, 5) is -0.119. The summed E-state index contributed by atoms with van der Waals surface area (Å²) in [6.07, 6.45) is -4.50. The standard InChI is InChI=1S/C14H12F3IO4S/c1-10-2-8-13(9-3-10)23(20,21)22-18(19)12-6-4-11(5-7-12)14(15,16)17/h2-9,19H,1H3. The predicted octanol–water partition coefficient (Wildman–Crippen LogP) is 3.92. The van der Waals surface area contributed by atoms with Crippen LogP contribution < -0.4 is 0 Å². The van der Waals surface area contributed by atoms with Crippen molar-refractivity contribution in [3.8, 4) is 0 Å². The molecule has 0 heterocycles. The van der Waals surface area contributed by atoms with Gasteiger partial charge in [-0.25, -0.2) is 0 Å². The van der Waals surface area contributed by atoms with Gasteiger partial charge in [0.25, 0.3) is 0 Å². The molecule has 0 aliphatic rings. The van der Waals surface area contributed by atoms with Crippen molar-refractivity contribution < 1.29 is 27.5 Å². The minimum atomic E-state index is -4.50. The Hall–Kier alpha value is -1.17. The topological polar surface area (TPSA) is 63.6 Å². The molecule has 0 saturated heterocycles. The van der Waals surface area contributed by atoms with Crippen LogP contribution in [0.25, 0.3) is 0 Å². The average molecular weight is 460 g/mol. The summed E-state index contributed by atoms with van der Waals surface area (Å²) in [7, 11) is -4.17. The zero-order chi connectivity index (χ0) is 17.3. The Bertz CT molecular complexity index is 771. The third-order valence-electron chi connectivity index (χ3n) is 2.81. The molecule has 2 rings (SSSR count). The molecule has 0 amide bonds. The van der Waals surface area contributed by atoms with Crippen molar-refractivity contribution in [1.29, 1.82) is 0 Å². The summed E-state index contributed by atoms with van der Waals surface area (Å²) in [6, 6.07) is 9.42. The molecule has 2 aromatic rings. The normalized spacial score (nSPS) is 13.0. The Kier molecular flexibility index (Phi) is 5.33. The van der Waals surface area contributed by atoms with Gasteiger partial charge in [0, 0.05) is 0 Å². The van der Waals surface area contributed by atoms with Crippen LogP contribution >= 0.6 is 20.6 Å². The molecule has 0 saturated carbocycles. The van der Waals surface area contributed by atoms with E-state index in [0.29, 0.717) is 0 Å². The molecule has 126 valence electrons. The van der Waals surface area contributed by atoms with Gasteiger partial charge in [-0.1, -0.05) is 0 Å². The van der Waals surface area contributed by atoms with Gasteiger partial charge in [0.15, 0.2) is 0 Å². The monoisotopic (exact) mass is 460 g/mol. The fourth-order valence-electron chi connectivity index (χ4n) is 1.60. The summed E-state index contributed by atoms with van der Waals surface area (Å²) in [5.74, 6) is 0. The summed E-state index contributed by atoms with van der Waals surface area (Å²) in [5, 5.41) is 0. The van der Waals surface area contributed by atoms with E-state index in [0.717, 1.165) is 29.8 Å². The van der Waals surface area contributed by atoms with E-state index in [2.05, 4.69) is 0 Å². The number of alkyl halides is 3. The van der Waals surface area contributed by atoms with Crippen molar-refractivity contribution in [3.05, 3.63) is 63.2 Å². The molecule has 9 heteroatoms. The molecule has 0 spiro atoms. The second kappa shape index (κ2) is 6.75. The molecule has 0 aromatic heterocycles. The van der Waals surface area contributed by atoms with Crippen LogP contribution in [0.15, 0.2) is 53.4 Å². The van der Waals surface area contributed by atoms with Crippen molar-refractivity contribution in [2.75, 3.05) is 0 Å². The Morgan fingerprint density at radius 1 is 1.00 bits per heavy atom. The Labute approximate surface area is 139 Å². The molecule has 0 bridgehead atoms. The van der Waals surface area contributed by atoms with Crippen LogP contribution in [-0.4, -0.2) is 11.9 Å². The van der Waals surface area contributed by atoms with E-state index >= 15 is 0 Å². The third-order valence-corrected chi connectivity index (χ3v) is 8.17. The fraction of sp³-hybridized carbons (Fsp3) is 0.143. The van der Waals surface area contributed by atoms with Crippen LogP contribution in [0.2, 0.25) is 0 Å². The molecule has 1 N–H and O–H groups in total. The van der Waals surface area contributed by atoms with Crippen LogP contribution in [0.4, 0.5) is 13.2 Å². The van der Waals surface area contributed by atoms with E-state index in [1.165, 1.54) is 12.1 Å². The number of hydrogen-bond donors (Lipinski definition) is 1. The predicted molar refractivity (Wildman–Crippen MR) is 85.8 cm³/mol. The second-order valence-electron chi connectivity index (χ2n) is 4.57. The van der Waals surface area contributed by atoms with E-state index in [1.807, 2.05) is 0 Å². The molecule has 0 aliphatic heterocycles. The van der Waals surface area contributed by atoms with Gasteiger partial charge in [-0.2, -0.15) is 0 Å². The van der Waals surface area contributed by atoms with Crippen molar-refractivity contribution >= 4 is 30.8 Å². The molecule has 0 radical (unpaired) electrons. The van der Waals surface area contributed by atoms with Gasteiger partial charge < -0.3 is 0 Å².